The van der Waals surface area contributed by atoms with Crippen molar-refractivity contribution in [2.24, 2.45) is 0 Å². The maximum Gasteiger partial charge on any atom is 0.145 e. The number of nitrogens with zero attached hydrogens (tertiary/aromatic N) is 8. The lowest BCUT2D eigenvalue weighted by Crippen LogP contribution is -2.00. The molecule has 27 rings (SSSR count). The van der Waals surface area contributed by atoms with Gasteiger partial charge >= 0.3 is 0 Å². The largest absolute Gasteiger partial charge is 0.456 e. The minimum atomic E-state index is 0.468. The Labute approximate surface area is 730 Å². The van der Waals surface area contributed by atoms with Gasteiger partial charge in [-0.3, -0.25) is 0 Å². The molecule has 8 heterocycles. The van der Waals surface area contributed by atoms with Crippen molar-refractivity contribution < 1.29 is 13.3 Å². The molecule has 0 unspecified atom stereocenters. The molecule has 0 saturated carbocycles. The Bertz CT molecular complexity index is 9330. The molecule has 0 radical (unpaired) electrons. The first-order chi connectivity index (χ1) is 63.3. The van der Waals surface area contributed by atoms with Crippen LogP contribution in [0.15, 0.2) is 414 Å². The number of benzene rings is 19. The van der Waals surface area contributed by atoms with Crippen LogP contribution in [-0.2, 0) is 0 Å². The van der Waals surface area contributed by atoms with E-state index in [-0.39, 0.29) is 0 Å². The van der Waals surface area contributed by atoms with Gasteiger partial charge in [-0.05, 0) is 197 Å². The van der Waals surface area contributed by atoms with E-state index in [0.717, 1.165) is 199 Å². The van der Waals surface area contributed by atoms with Crippen molar-refractivity contribution in [1.29, 1.82) is 15.8 Å². The summed E-state index contributed by atoms with van der Waals surface area (Å²) in [4.78, 5) is 0. The minimum Gasteiger partial charge on any atom is -0.456 e. The maximum atomic E-state index is 9.99. The van der Waals surface area contributed by atoms with E-state index in [2.05, 4.69) is 356 Å². The SMILES string of the molecule is N#Cc1cccc(-c2ccc(-c3cc(-n4c5ccccc5c5cc6c(cc54)oc4ccccc46)cc(-n4c5ccccc5c5c4ccc4c6ccccc6n(-c6ccccc6)c45)c3)cc2)c1.N#Cc1cccc(C#N)c1-c1ccc(-c2cc(-n3c4ccccc4c4c5oc6ccccc6c5ccc43)cc(-n3c4ccccc4c4c5oc6ccccc6c5ccc43)c2)cc1. The van der Waals surface area contributed by atoms with Crippen LogP contribution < -0.4 is 0 Å². The molecule has 27 aromatic rings. The van der Waals surface area contributed by atoms with Crippen LogP contribution in [0, 0.1) is 34.0 Å². The van der Waals surface area contributed by atoms with Crippen LogP contribution in [0.2, 0.25) is 0 Å². The number of nitriles is 3. The molecule has 0 fully saturated rings. The zero-order valence-corrected chi connectivity index (χ0v) is 68.4. The quantitative estimate of drug-likeness (QED) is 0.141. The number of hydrogen-bond donors (Lipinski definition) is 0. The van der Waals surface area contributed by atoms with Gasteiger partial charge in [0.1, 0.15) is 33.5 Å². The van der Waals surface area contributed by atoms with Crippen LogP contribution in [0.3, 0.4) is 0 Å². The Morgan fingerprint density at radius 3 is 1.07 bits per heavy atom. The van der Waals surface area contributed by atoms with E-state index in [4.69, 9.17) is 13.3 Å². The second-order valence-electron chi connectivity index (χ2n) is 33.1. The first-order valence-electron chi connectivity index (χ1n) is 42.8. The molecule has 0 aliphatic heterocycles. The van der Waals surface area contributed by atoms with E-state index in [1.165, 1.54) is 43.4 Å². The molecule has 0 N–H and O–H groups in total. The second-order valence-corrected chi connectivity index (χ2v) is 33.1. The summed E-state index contributed by atoms with van der Waals surface area (Å²) >= 11 is 0. The van der Waals surface area contributed by atoms with E-state index in [1.54, 1.807) is 18.2 Å². The van der Waals surface area contributed by atoms with Crippen LogP contribution in [0.1, 0.15) is 16.7 Å². The number of aromatic nitrogens is 5. The summed E-state index contributed by atoms with van der Waals surface area (Å²) in [6.07, 6.45) is 0. The van der Waals surface area contributed by atoms with Crippen molar-refractivity contribution >= 4 is 175 Å². The van der Waals surface area contributed by atoms with Gasteiger partial charge in [-0.1, -0.05) is 237 Å². The summed E-state index contributed by atoms with van der Waals surface area (Å²) in [5.74, 6) is 0. The Hall–Kier alpha value is -18.0. The Morgan fingerprint density at radius 2 is 0.570 bits per heavy atom. The third kappa shape index (κ3) is 10.8. The monoisotopic (exact) mass is 1630 g/mol. The van der Waals surface area contributed by atoms with Crippen molar-refractivity contribution in [3.8, 4) is 91.2 Å². The topological polar surface area (TPSA) is 135 Å². The number of hydrogen-bond acceptors (Lipinski definition) is 6. The van der Waals surface area contributed by atoms with Gasteiger partial charge in [-0.15, -0.1) is 0 Å². The first kappa shape index (κ1) is 71.8. The molecule has 592 valence electrons. The molecule has 0 atom stereocenters. The van der Waals surface area contributed by atoms with Gasteiger partial charge in [-0.2, -0.15) is 15.8 Å². The summed E-state index contributed by atoms with van der Waals surface area (Å²) in [5, 5.41) is 47.8. The molecule has 0 aliphatic rings. The Morgan fingerprint density at radius 1 is 0.188 bits per heavy atom. The van der Waals surface area contributed by atoms with Gasteiger partial charge in [-0.25, -0.2) is 0 Å². The van der Waals surface area contributed by atoms with Crippen molar-refractivity contribution in [1.82, 2.24) is 22.8 Å². The lowest BCUT2D eigenvalue weighted by atomic mass is 9.93. The van der Waals surface area contributed by atoms with Crippen molar-refractivity contribution in [2.75, 3.05) is 0 Å². The molecule has 0 aliphatic carbocycles. The van der Waals surface area contributed by atoms with Gasteiger partial charge in [0.25, 0.3) is 0 Å². The summed E-state index contributed by atoms with van der Waals surface area (Å²) in [6.45, 7) is 0. The first-order valence-corrected chi connectivity index (χ1v) is 42.8. The highest BCUT2D eigenvalue weighted by Crippen LogP contribution is 2.49. The Kier molecular flexibility index (Phi) is 15.7. The molecular formula is C117H66N8O3. The van der Waals surface area contributed by atoms with Crippen molar-refractivity contribution in [3.63, 3.8) is 0 Å². The molecule has 11 heteroatoms. The van der Waals surface area contributed by atoms with Gasteiger partial charge in [0.2, 0.25) is 0 Å². The van der Waals surface area contributed by atoms with Gasteiger partial charge in [0.05, 0.1) is 101 Å². The molecule has 0 bridgehead atoms. The van der Waals surface area contributed by atoms with Crippen LogP contribution in [0.4, 0.5) is 0 Å². The molecule has 0 spiro atoms. The van der Waals surface area contributed by atoms with Gasteiger partial charge in [0, 0.05) is 115 Å². The fraction of sp³-hybridized carbons (Fsp3) is 0. The van der Waals surface area contributed by atoms with Gasteiger partial charge < -0.3 is 36.1 Å². The van der Waals surface area contributed by atoms with Crippen molar-refractivity contribution in [2.45, 2.75) is 0 Å². The fourth-order valence-corrected chi connectivity index (χ4v) is 20.7. The number of fused-ring (bicyclic) bond motifs is 27. The van der Waals surface area contributed by atoms with Crippen molar-refractivity contribution in [3.05, 3.63) is 417 Å². The number of furan rings is 3. The van der Waals surface area contributed by atoms with E-state index in [1.807, 2.05) is 66.7 Å². The summed E-state index contributed by atoms with van der Waals surface area (Å²) in [6, 6.07) is 148. The highest BCUT2D eigenvalue weighted by atomic mass is 16.3. The predicted molar refractivity (Wildman–Crippen MR) is 522 cm³/mol. The fourth-order valence-electron chi connectivity index (χ4n) is 20.7. The standard InChI is InChI=1S/C61H36N4O.C56H30N4O2/c62-37-38-13-12-14-41(31-38)39-25-27-40(28-26-39)42-32-44(34-45(33-42)64-53-21-8-5-18-47(53)51-35-52-48-19-7-11-24-58(48)66-59(52)36-57(51)64)63-55-23-10-6-20-50(55)60-56(63)30-29-49-46-17-4-9-22-54(46)65(61(49)60)43-15-2-1-3-16-43;57-31-35-10-9-11-36(32-58)52(35)34-22-20-33(21-23-34)37-28-38(59-46-16-5-1-14-44(46)53-48(59)26-24-42-40-12-3-7-18-50(40)61-55(42)53)30-39(29-37)60-47-17-6-2-15-45(47)54-49(60)27-25-43-41-13-4-8-19-51(41)62-56(43)54/h1-36H;1-30H. The third-order valence-corrected chi connectivity index (χ3v) is 26.2. The molecular weight excluding hydrogens is 1570 g/mol. The molecule has 11 nitrogen and oxygen atoms in total. The van der Waals surface area contributed by atoms with Crippen LogP contribution in [0.5, 0.6) is 0 Å². The number of rotatable bonds is 9. The van der Waals surface area contributed by atoms with E-state index >= 15 is 0 Å². The van der Waals surface area contributed by atoms with E-state index in [0.29, 0.717) is 22.3 Å². The Balaban J connectivity index is 0.000000136. The smallest absolute Gasteiger partial charge is 0.145 e. The molecule has 0 saturated heterocycles. The minimum absolute atomic E-state index is 0.468. The van der Waals surface area contributed by atoms with E-state index in [9.17, 15) is 15.8 Å². The second kappa shape index (κ2) is 28.0. The predicted octanol–water partition coefficient (Wildman–Crippen LogP) is 30.8. The third-order valence-electron chi connectivity index (χ3n) is 26.2. The van der Waals surface area contributed by atoms with Crippen LogP contribution >= 0.6 is 0 Å². The molecule has 19 aromatic carbocycles. The lowest BCUT2D eigenvalue weighted by Gasteiger charge is -2.16. The van der Waals surface area contributed by atoms with Crippen LogP contribution in [-0.4, -0.2) is 22.8 Å². The highest BCUT2D eigenvalue weighted by Gasteiger charge is 2.27. The zero-order valence-electron chi connectivity index (χ0n) is 68.4. The summed E-state index contributed by atoms with van der Waals surface area (Å²) < 4.78 is 31.9. The average molecular weight is 1630 g/mol. The molecule has 0 amide bonds. The van der Waals surface area contributed by atoms with Gasteiger partial charge in [0.15, 0.2) is 0 Å². The average Bonchev–Trinajstić information content (AvgIpc) is 1.50. The lowest BCUT2D eigenvalue weighted by molar-refractivity contribution is 0.669. The zero-order chi connectivity index (χ0) is 84.5. The van der Waals surface area contributed by atoms with E-state index < -0.39 is 0 Å². The normalized spacial score (nSPS) is 11.9. The summed E-state index contributed by atoms with van der Waals surface area (Å²) in [5.41, 5.74) is 30.8. The number of para-hydroxylation sites is 9. The van der Waals surface area contributed by atoms with Crippen LogP contribution in [0.25, 0.3) is 248 Å². The maximum absolute atomic E-state index is 9.99. The highest BCUT2D eigenvalue weighted by molar-refractivity contribution is 6.28. The summed E-state index contributed by atoms with van der Waals surface area (Å²) in [7, 11) is 0. The molecule has 8 aromatic heterocycles. The molecule has 128 heavy (non-hydrogen) atoms.